The maximum Gasteiger partial charge on any atom is 0.410 e. The number of nitrogens with one attached hydrogen (secondary N) is 2. The lowest BCUT2D eigenvalue weighted by atomic mass is 9.39. The Morgan fingerprint density at radius 3 is 2.30 bits per heavy atom. The van der Waals surface area contributed by atoms with E-state index in [0.29, 0.717) is 65.7 Å². The van der Waals surface area contributed by atoms with Crippen LogP contribution in [0.1, 0.15) is 115 Å². The van der Waals surface area contributed by atoms with E-state index in [0.717, 1.165) is 76.2 Å². The Balaban J connectivity index is 0.691. The Kier molecular flexibility index (Phi) is 20.5. The van der Waals surface area contributed by atoms with Gasteiger partial charge in [-0.05, 0) is 122 Å². The molecule has 100 heavy (non-hydrogen) atoms. The number of carboxylic acids is 3. The van der Waals surface area contributed by atoms with Crippen LogP contribution in [0.5, 0.6) is 11.5 Å². The third-order valence-corrected chi connectivity index (χ3v) is 21.0. The van der Waals surface area contributed by atoms with Crippen LogP contribution in [-0.4, -0.2) is 197 Å². The highest BCUT2D eigenvalue weighted by atomic mass is 32.1. The highest BCUT2D eigenvalue weighted by Crippen LogP contribution is 2.72. The molecule has 7 atom stereocenters. The number of fused-ring (bicyclic) bond motifs is 2. The second-order valence-corrected chi connectivity index (χ2v) is 29.0. The lowest BCUT2D eigenvalue weighted by molar-refractivity contribution is -0.248. The van der Waals surface area contributed by atoms with Crippen molar-refractivity contribution in [2.45, 2.75) is 135 Å². The van der Waals surface area contributed by atoms with Crippen molar-refractivity contribution in [3.63, 3.8) is 0 Å². The fourth-order valence-corrected chi connectivity index (χ4v) is 17.5. The number of aromatic nitrogens is 4. The van der Waals surface area contributed by atoms with Crippen molar-refractivity contribution in [3.8, 4) is 22.6 Å². The van der Waals surface area contributed by atoms with Crippen molar-refractivity contribution in [2.75, 3.05) is 69.4 Å². The molecule has 2 aliphatic heterocycles. The molecule has 0 spiro atoms. The van der Waals surface area contributed by atoms with Crippen LogP contribution >= 0.6 is 11.3 Å². The number of aromatic carboxylic acids is 1. The van der Waals surface area contributed by atoms with Gasteiger partial charge in [-0.25, -0.2) is 19.6 Å². The number of para-hydroxylation sites is 1. The molecule has 29 heteroatoms. The first-order valence-corrected chi connectivity index (χ1v) is 34.2. The van der Waals surface area contributed by atoms with Gasteiger partial charge in [-0.3, -0.25) is 43.7 Å². The van der Waals surface area contributed by atoms with Crippen molar-refractivity contribution >= 4 is 80.1 Å². The highest BCUT2D eigenvalue weighted by Gasteiger charge is 2.66. The summed E-state index contributed by atoms with van der Waals surface area (Å²) in [5, 5.41) is 73.1. The van der Waals surface area contributed by atoms with Gasteiger partial charge in [0, 0.05) is 105 Å². The average molecular weight is 1400 g/mol. The van der Waals surface area contributed by atoms with Gasteiger partial charge in [-0.1, -0.05) is 49.4 Å². The quantitative estimate of drug-likeness (QED) is 0.0186. The zero-order chi connectivity index (χ0) is 70.8. The first-order chi connectivity index (χ1) is 47.8. The molecule has 28 nitrogen and oxygen atoms in total. The molecule has 0 saturated heterocycles. The van der Waals surface area contributed by atoms with Crippen LogP contribution in [-0.2, 0) is 64.3 Å². The van der Waals surface area contributed by atoms with Crippen LogP contribution in [0.2, 0.25) is 0 Å². The summed E-state index contributed by atoms with van der Waals surface area (Å²) >= 11 is 1.40. The number of aliphatic carboxylic acids is 2. The molecule has 0 radical (unpaired) electrons. The van der Waals surface area contributed by atoms with E-state index in [1.165, 1.54) is 34.4 Å². The van der Waals surface area contributed by atoms with Gasteiger partial charge in [0.05, 0.1) is 60.3 Å². The summed E-state index contributed by atoms with van der Waals surface area (Å²) in [6.45, 7) is 7.34. The van der Waals surface area contributed by atoms with Gasteiger partial charge in [-0.15, -0.1) is 0 Å². The maximum atomic E-state index is 14.2. The number of thiazole rings is 1. The molecule has 5 amide bonds. The smallest absolute Gasteiger partial charge is 0.410 e. The molecule has 6 aromatic rings. The molecule has 8 N–H and O–H groups in total. The number of ether oxygens (including phenoxy) is 5. The van der Waals surface area contributed by atoms with E-state index in [9.17, 15) is 69.0 Å². The number of anilines is 2. The minimum absolute atomic E-state index is 0.0114. The van der Waals surface area contributed by atoms with Crippen molar-refractivity contribution in [1.29, 1.82) is 0 Å². The Bertz CT molecular complexity index is 4120. The topological polar surface area (TPSA) is 381 Å². The summed E-state index contributed by atoms with van der Waals surface area (Å²) in [5.74, 6) is -6.24. The van der Waals surface area contributed by atoms with Crippen LogP contribution < -0.4 is 25.0 Å². The van der Waals surface area contributed by atoms with Gasteiger partial charge < -0.3 is 69.4 Å². The Morgan fingerprint density at radius 2 is 1.56 bits per heavy atom. The number of pyridine rings is 1. The zero-order valence-electron chi connectivity index (χ0n) is 55.6. The molecule has 4 bridgehead atoms. The van der Waals surface area contributed by atoms with E-state index in [4.69, 9.17) is 33.8 Å². The summed E-state index contributed by atoms with van der Waals surface area (Å²) in [6.07, 6.45) is 1.34. The van der Waals surface area contributed by atoms with Gasteiger partial charge in [0.2, 0.25) is 5.91 Å². The minimum atomic E-state index is -1.83. The van der Waals surface area contributed by atoms with Crippen LogP contribution in [0.4, 0.5) is 15.7 Å². The summed E-state index contributed by atoms with van der Waals surface area (Å²) in [4.78, 5) is 115. The van der Waals surface area contributed by atoms with E-state index < -0.39 is 90.7 Å². The SMILES string of the molecule is Cc1c(-c2ccc(N3CCc4cccc(C(=O)Nc5nc6ccccc6s5)c4C3)nc2C(=O)O)cnn1CC12CC3(C)CC(C)(C1)CC(OCCN(CCC(=O)O)C(=O)OCc1ccc(O[C@@H]4C[C@H](C(=O)O)[C@@H](O)[C@H](O)[C@H]4O)cc1OCCOCCNC(=O)CCN1C(=O)C=CC1=O)(C3)C2. The van der Waals surface area contributed by atoms with E-state index in [2.05, 4.69) is 29.5 Å². The average Bonchev–Trinajstić information content (AvgIpc) is 0.737. The molecule has 5 aliphatic carbocycles. The normalized spacial score (nSPS) is 25.0. The van der Waals surface area contributed by atoms with Gasteiger partial charge in [0.25, 0.3) is 17.7 Å². The van der Waals surface area contributed by atoms with Crippen molar-refractivity contribution in [3.05, 3.63) is 125 Å². The lowest BCUT2D eigenvalue weighted by Gasteiger charge is -2.69. The second-order valence-electron chi connectivity index (χ2n) is 27.9. The number of hydrogen-bond donors (Lipinski definition) is 8. The summed E-state index contributed by atoms with van der Waals surface area (Å²) in [5.41, 5.74) is 4.04. The van der Waals surface area contributed by atoms with Crippen LogP contribution in [0, 0.1) is 29.1 Å². The van der Waals surface area contributed by atoms with Crippen molar-refractivity contribution in [2.24, 2.45) is 22.2 Å². The summed E-state index contributed by atoms with van der Waals surface area (Å²) in [6, 6.07) is 21.3. The number of carbonyl (C=O) groups excluding carboxylic acids is 5. The van der Waals surface area contributed by atoms with Crippen LogP contribution in [0.15, 0.2) is 91.1 Å². The summed E-state index contributed by atoms with van der Waals surface area (Å²) in [7, 11) is 0. The van der Waals surface area contributed by atoms with Crippen molar-refractivity contribution in [1.82, 2.24) is 34.9 Å². The first kappa shape index (κ1) is 70.5. The number of nitrogens with zero attached hydrogens (tertiary/aromatic N) is 7. The third-order valence-electron chi connectivity index (χ3n) is 20.1. The predicted molar refractivity (Wildman–Crippen MR) is 359 cm³/mol. The molecule has 3 aromatic carbocycles. The third kappa shape index (κ3) is 15.5. The molecule has 2 unspecified atom stereocenters. The number of aliphatic hydroxyl groups is 3. The number of carbonyl (C=O) groups is 8. The van der Waals surface area contributed by atoms with Gasteiger partial charge in [-0.2, -0.15) is 5.10 Å². The fraction of sp³-hybridized carbons (Fsp3) is 0.479. The molecule has 5 heterocycles. The monoisotopic (exact) mass is 1400 g/mol. The number of hydrogen-bond acceptors (Lipinski definition) is 21. The van der Waals surface area contributed by atoms with Gasteiger partial charge in [0.1, 0.15) is 48.8 Å². The Hall–Kier alpha value is -9.39. The van der Waals surface area contributed by atoms with Crippen LogP contribution in [0.25, 0.3) is 21.3 Å². The van der Waals surface area contributed by atoms with Gasteiger partial charge >= 0.3 is 24.0 Å². The molecular weight excluding hydrogens is 1310 g/mol. The van der Waals surface area contributed by atoms with E-state index in [1.807, 2.05) is 59.0 Å². The number of benzene rings is 3. The molecule has 530 valence electrons. The molecule has 5 saturated carbocycles. The van der Waals surface area contributed by atoms with Gasteiger partial charge in [0.15, 0.2) is 10.8 Å². The summed E-state index contributed by atoms with van der Waals surface area (Å²) < 4.78 is 33.6. The number of imide groups is 1. The molecular formula is C71H81N9O19S. The lowest BCUT2D eigenvalue weighted by Crippen LogP contribution is -2.64. The number of aliphatic hydroxyl groups excluding tert-OH is 3. The largest absolute Gasteiger partial charge is 0.491 e. The second kappa shape index (κ2) is 29.1. The number of amides is 5. The zero-order valence-corrected chi connectivity index (χ0v) is 56.4. The fourth-order valence-electron chi connectivity index (χ4n) is 16.7. The molecule has 7 aliphatic rings. The molecule has 5 fully saturated rings. The predicted octanol–water partition coefficient (Wildman–Crippen LogP) is 6.39. The first-order valence-electron chi connectivity index (χ1n) is 33.4. The molecule has 3 aromatic heterocycles. The van der Waals surface area contributed by atoms with E-state index in [1.54, 1.807) is 18.3 Å². The minimum Gasteiger partial charge on any atom is -0.491 e. The van der Waals surface area contributed by atoms with E-state index in [-0.39, 0.29) is 105 Å². The Morgan fingerprint density at radius 1 is 0.790 bits per heavy atom. The highest BCUT2D eigenvalue weighted by molar-refractivity contribution is 7.22. The standard InChI is InChI=1S/C71H81N9O19S/c1-41-48(45-13-14-54(75-59(45)65(92)93)78-21-17-42-7-6-8-46(49(42)32-78)63(89)76-66-74-50-9-4-5-10-53(50)100-66)31-73-80(41)40-70-35-68(2)34-69(3,36-70)38-71(37-68,39-70)98-26-24-77(22-19-58(84)85)67(94)97-33-43-11-12-44(99-52-30-47(64(90)91)60(86)62(88)61(52)87)29-51(43)96-28-27-95-25-20-72-55(81)18-23-79-56(82)15-16-57(79)83/h4-16,29,31,47,52,60-62,86-88H,17-28,30,32-40H2,1-3H3,(H,72,81)(H,84,85)(H,90,91)(H,92,93)(H,74,76,89)/t47-,52+,60+,61-,62-,68?,69?,70?,71?/m0/s1. The maximum absolute atomic E-state index is 14.2. The number of rotatable bonds is 29. The Labute approximate surface area is 578 Å². The number of carboxylic acid groups (broad SMARTS) is 3. The van der Waals surface area contributed by atoms with E-state index >= 15 is 0 Å². The van der Waals surface area contributed by atoms with Crippen LogP contribution in [0.3, 0.4) is 0 Å². The van der Waals surface area contributed by atoms with Crippen molar-refractivity contribution < 1.29 is 92.7 Å². The molecule has 13 rings (SSSR count).